The lowest BCUT2D eigenvalue weighted by Gasteiger charge is -2.05. The van der Waals surface area contributed by atoms with Gasteiger partial charge in [0, 0.05) is 19.6 Å². The van der Waals surface area contributed by atoms with Gasteiger partial charge in [-0.2, -0.15) is 0 Å². The number of sulfonamides is 2. The topological polar surface area (TPSA) is 107 Å². The number of allylic oxidation sites excluding steroid dienone is 1. The van der Waals surface area contributed by atoms with Crippen molar-refractivity contribution in [3.8, 4) is 0 Å². The molecule has 0 spiro atoms. The molecule has 0 heterocycles. The number of ketones is 1. The Labute approximate surface area is 114 Å². The van der Waals surface area contributed by atoms with Gasteiger partial charge in [0.1, 0.15) is 0 Å². The van der Waals surface area contributed by atoms with E-state index >= 15 is 0 Å². The molecular formula is C10H19NO6S2. The van der Waals surface area contributed by atoms with E-state index in [1.807, 2.05) is 0 Å². The second kappa shape index (κ2) is 8.41. The lowest BCUT2D eigenvalue weighted by Crippen LogP contribution is -2.31. The van der Waals surface area contributed by atoms with Crippen molar-refractivity contribution in [2.24, 2.45) is 0 Å². The molecule has 7 nitrogen and oxygen atoms in total. The first-order valence-electron chi connectivity index (χ1n) is 5.60. The van der Waals surface area contributed by atoms with E-state index in [-0.39, 0.29) is 24.6 Å². The second-order valence-corrected chi connectivity index (χ2v) is 7.76. The third-order valence-corrected chi connectivity index (χ3v) is 4.97. The predicted octanol–water partition coefficient (Wildman–Crippen LogP) is -0.193. The monoisotopic (exact) mass is 313 g/mol. The number of ether oxygens (including phenoxy) is 1. The standard InChI is InChI=1S/C10H19NO6S2/c1-3-10(12)6-4-7-17-8-5-9-19(15,16)11-18(2,13)14/h3,11H,1,4-9H2,2H3. The van der Waals surface area contributed by atoms with Gasteiger partial charge in [-0.25, -0.2) is 16.8 Å². The van der Waals surface area contributed by atoms with Gasteiger partial charge < -0.3 is 4.74 Å². The number of hydrogen-bond donors (Lipinski definition) is 1. The zero-order valence-electron chi connectivity index (χ0n) is 10.8. The first-order valence-corrected chi connectivity index (χ1v) is 9.15. The zero-order chi connectivity index (χ0) is 14.9. The van der Waals surface area contributed by atoms with Crippen LogP contribution < -0.4 is 4.13 Å². The summed E-state index contributed by atoms with van der Waals surface area (Å²) in [6.07, 6.45) is 3.08. The van der Waals surface area contributed by atoms with Gasteiger partial charge in [0.15, 0.2) is 5.78 Å². The molecule has 0 atom stereocenters. The van der Waals surface area contributed by atoms with Gasteiger partial charge in [0.25, 0.3) is 0 Å². The van der Waals surface area contributed by atoms with Crippen molar-refractivity contribution >= 4 is 25.8 Å². The van der Waals surface area contributed by atoms with Crippen LogP contribution in [-0.2, 0) is 29.6 Å². The molecule has 0 aliphatic rings. The van der Waals surface area contributed by atoms with Crippen molar-refractivity contribution in [3.63, 3.8) is 0 Å². The van der Waals surface area contributed by atoms with E-state index < -0.39 is 20.0 Å². The van der Waals surface area contributed by atoms with E-state index in [1.54, 1.807) is 4.13 Å². The van der Waals surface area contributed by atoms with Crippen LogP contribution in [0.15, 0.2) is 12.7 Å². The highest BCUT2D eigenvalue weighted by Crippen LogP contribution is 1.96. The van der Waals surface area contributed by atoms with Crippen molar-refractivity contribution in [3.05, 3.63) is 12.7 Å². The van der Waals surface area contributed by atoms with Gasteiger partial charge in [-0.15, -0.1) is 4.13 Å². The summed E-state index contributed by atoms with van der Waals surface area (Å²) in [5, 5.41) is 0. The molecule has 0 saturated carbocycles. The molecule has 0 aliphatic carbocycles. The number of carbonyl (C=O) groups excluding carboxylic acids is 1. The van der Waals surface area contributed by atoms with E-state index in [2.05, 4.69) is 6.58 Å². The smallest absolute Gasteiger partial charge is 0.224 e. The van der Waals surface area contributed by atoms with Crippen molar-refractivity contribution < 1.29 is 26.4 Å². The Balaban J connectivity index is 3.70. The molecule has 0 radical (unpaired) electrons. The summed E-state index contributed by atoms with van der Waals surface area (Å²) in [7, 11) is -7.61. The normalized spacial score (nSPS) is 12.3. The van der Waals surface area contributed by atoms with Crippen LogP contribution in [0.4, 0.5) is 0 Å². The third kappa shape index (κ3) is 12.0. The Kier molecular flexibility index (Phi) is 8.07. The second-order valence-electron chi connectivity index (χ2n) is 3.91. The minimum Gasteiger partial charge on any atom is -0.381 e. The van der Waals surface area contributed by atoms with E-state index in [0.717, 1.165) is 6.26 Å². The summed E-state index contributed by atoms with van der Waals surface area (Å²) in [5.74, 6) is -0.394. The highest BCUT2D eigenvalue weighted by atomic mass is 32.3. The molecule has 9 heteroatoms. The molecule has 0 amide bonds. The van der Waals surface area contributed by atoms with Crippen LogP contribution in [0.3, 0.4) is 0 Å². The van der Waals surface area contributed by atoms with Crippen LogP contribution in [0.5, 0.6) is 0 Å². The minimum absolute atomic E-state index is 0.0662. The summed E-state index contributed by atoms with van der Waals surface area (Å²) >= 11 is 0. The van der Waals surface area contributed by atoms with Crippen LogP contribution in [0.25, 0.3) is 0 Å². The Morgan fingerprint density at radius 3 is 2.32 bits per heavy atom. The largest absolute Gasteiger partial charge is 0.381 e. The maximum atomic E-state index is 11.3. The number of nitrogens with one attached hydrogen (secondary N) is 1. The molecule has 0 bridgehead atoms. The lowest BCUT2D eigenvalue weighted by molar-refractivity contribution is -0.114. The lowest BCUT2D eigenvalue weighted by atomic mass is 10.2. The quantitative estimate of drug-likeness (QED) is 0.418. The van der Waals surface area contributed by atoms with Gasteiger partial charge >= 0.3 is 0 Å². The first-order chi connectivity index (χ1) is 8.66. The number of hydrogen-bond acceptors (Lipinski definition) is 6. The highest BCUT2D eigenvalue weighted by molar-refractivity contribution is 8.04. The Bertz CT molecular complexity index is 494. The molecule has 19 heavy (non-hydrogen) atoms. The van der Waals surface area contributed by atoms with Crippen LogP contribution in [0.2, 0.25) is 0 Å². The fourth-order valence-electron chi connectivity index (χ4n) is 1.18. The SMILES string of the molecule is C=CC(=O)CCCOCCCS(=O)(=O)NS(C)(=O)=O. The van der Waals surface area contributed by atoms with Crippen molar-refractivity contribution in [1.82, 2.24) is 4.13 Å². The fraction of sp³-hybridized carbons (Fsp3) is 0.700. The summed E-state index contributed by atoms with van der Waals surface area (Å²) in [4.78, 5) is 10.8. The van der Waals surface area contributed by atoms with Crippen LogP contribution >= 0.6 is 0 Å². The maximum absolute atomic E-state index is 11.3. The molecule has 0 aromatic rings. The van der Waals surface area contributed by atoms with Crippen LogP contribution in [-0.4, -0.2) is 47.8 Å². The molecule has 0 fully saturated rings. The van der Waals surface area contributed by atoms with Crippen molar-refractivity contribution in [2.45, 2.75) is 19.3 Å². The first kappa shape index (κ1) is 18.2. The van der Waals surface area contributed by atoms with Gasteiger partial charge in [0.2, 0.25) is 20.0 Å². The minimum atomic E-state index is -3.83. The average molecular weight is 313 g/mol. The zero-order valence-corrected chi connectivity index (χ0v) is 12.4. The molecule has 0 rings (SSSR count). The van der Waals surface area contributed by atoms with Gasteiger partial charge in [-0.1, -0.05) is 6.58 Å². The van der Waals surface area contributed by atoms with Crippen molar-refractivity contribution in [2.75, 3.05) is 25.2 Å². The van der Waals surface area contributed by atoms with E-state index in [0.29, 0.717) is 19.4 Å². The Morgan fingerprint density at radius 1 is 1.21 bits per heavy atom. The molecule has 0 aromatic heterocycles. The van der Waals surface area contributed by atoms with E-state index in [1.165, 1.54) is 6.08 Å². The van der Waals surface area contributed by atoms with Crippen LogP contribution in [0.1, 0.15) is 19.3 Å². The Morgan fingerprint density at radius 2 is 1.79 bits per heavy atom. The molecule has 0 aliphatic heterocycles. The van der Waals surface area contributed by atoms with Crippen LogP contribution in [0, 0.1) is 0 Å². The summed E-state index contributed by atoms with van der Waals surface area (Å²) in [6.45, 7) is 3.87. The van der Waals surface area contributed by atoms with E-state index in [9.17, 15) is 21.6 Å². The molecule has 0 saturated heterocycles. The summed E-state index contributed by atoms with van der Waals surface area (Å²) in [5.41, 5.74) is 0. The molecule has 0 aromatic carbocycles. The van der Waals surface area contributed by atoms with E-state index in [4.69, 9.17) is 4.74 Å². The third-order valence-electron chi connectivity index (χ3n) is 1.92. The van der Waals surface area contributed by atoms with Crippen molar-refractivity contribution in [1.29, 1.82) is 0 Å². The van der Waals surface area contributed by atoms with Gasteiger partial charge in [-0.3, -0.25) is 4.79 Å². The highest BCUT2D eigenvalue weighted by Gasteiger charge is 2.15. The molecule has 0 unspecified atom stereocenters. The molecular weight excluding hydrogens is 294 g/mol. The summed E-state index contributed by atoms with van der Waals surface area (Å²) in [6, 6.07) is 0. The average Bonchev–Trinajstić information content (AvgIpc) is 2.23. The Hall–Kier alpha value is -0.770. The summed E-state index contributed by atoms with van der Waals surface area (Å²) < 4.78 is 50.7. The molecule has 1 N–H and O–H groups in total. The van der Waals surface area contributed by atoms with Gasteiger partial charge in [0.05, 0.1) is 12.0 Å². The van der Waals surface area contributed by atoms with Gasteiger partial charge in [-0.05, 0) is 18.9 Å². The fourth-order valence-corrected chi connectivity index (χ4v) is 3.85. The number of rotatable bonds is 11. The number of carbonyl (C=O) groups is 1. The predicted molar refractivity (Wildman–Crippen MR) is 71.6 cm³/mol. The molecule has 112 valence electrons. The maximum Gasteiger partial charge on any atom is 0.224 e.